The zero-order chi connectivity index (χ0) is 14.8. The average Bonchev–Trinajstić information content (AvgIpc) is 2.45. The van der Waals surface area contributed by atoms with Crippen LogP contribution in [0.5, 0.6) is 0 Å². The maximum absolute atomic E-state index is 11.7. The number of benzene rings is 1. The Balaban J connectivity index is 2.08. The minimum atomic E-state index is -0.0408. The lowest BCUT2D eigenvalue weighted by Gasteiger charge is -2.16. The molecule has 0 bridgehead atoms. The number of nitrogens with two attached hydrogens (primary N) is 1. The maximum Gasteiger partial charge on any atom is 0.248 e. The highest BCUT2D eigenvalue weighted by Crippen LogP contribution is 2.02. The lowest BCUT2D eigenvalue weighted by Crippen LogP contribution is -2.33. The second kappa shape index (κ2) is 9.44. The van der Waals surface area contributed by atoms with Gasteiger partial charge in [-0.2, -0.15) is 0 Å². The number of thiocarbonyl (C=S) groups is 1. The molecule has 0 aromatic heterocycles. The van der Waals surface area contributed by atoms with Crippen LogP contribution in [0.2, 0.25) is 0 Å². The van der Waals surface area contributed by atoms with Crippen LogP contribution in [0.3, 0.4) is 0 Å². The predicted octanol–water partition coefficient (Wildman–Crippen LogP) is 1.77. The van der Waals surface area contributed by atoms with Gasteiger partial charge in [-0.25, -0.2) is 0 Å². The van der Waals surface area contributed by atoms with Gasteiger partial charge in [-0.05, 0) is 18.4 Å². The van der Waals surface area contributed by atoms with Crippen LogP contribution in [0.4, 0.5) is 0 Å². The summed E-state index contributed by atoms with van der Waals surface area (Å²) in [5, 5.41) is 0. The van der Waals surface area contributed by atoms with E-state index in [-0.39, 0.29) is 12.5 Å². The number of rotatable bonds is 9. The third kappa shape index (κ3) is 7.21. The van der Waals surface area contributed by atoms with E-state index in [1.165, 1.54) is 5.56 Å². The van der Waals surface area contributed by atoms with Gasteiger partial charge in [0.2, 0.25) is 5.91 Å². The quantitative estimate of drug-likeness (QED) is 0.557. The van der Waals surface area contributed by atoms with E-state index in [1.807, 2.05) is 18.2 Å². The fourth-order valence-electron chi connectivity index (χ4n) is 1.70. The van der Waals surface area contributed by atoms with Gasteiger partial charge in [-0.15, -0.1) is 0 Å². The fourth-order valence-corrected chi connectivity index (χ4v) is 1.79. The number of carbonyl (C=O) groups is 1. The monoisotopic (exact) mass is 294 g/mol. The zero-order valence-electron chi connectivity index (χ0n) is 11.9. The van der Waals surface area contributed by atoms with E-state index in [9.17, 15) is 4.79 Å². The van der Waals surface area contributed by atoms with Gasteiger partial charge in [0.1, 0.15) is 6.61 Å². The summed E-state index contributed by atoms with van der Waals surface area (Å²) in [6, 6.07) is 10.2. The third-order valence-electron chi connectivity index (χ3n) is 2.94. The molecule has 0 atom stereocenters. The van der Waals surface area contributed by atoms with Gasteiger partial charge in [0.25, 0.3) is 0 Å². The van der Waals surface area contributed by atoms with E-state index in [0.29, 0.717) is 24.6 Å². The van der Waals surface area contributed by atoms with Crippen LogP contribution in [-0.4, -0.2) is 42.6 Å². The zero-order valence-corrected chi connectivity index (χ0v) is 12.7. The Bertz CT molecular complexity index is 423. The Morgan fingerprint density at radius 3 is 2.70 bits per heavy atom. The van der Waals surface area contributed by atoms with Crippen LogP contribution in [-0.2, 0) is 16.0 Å². The smallest absolute Gasteiger partial charge is 0.248 e. The molecule has 1 amide bonds. The Kier molecular flexibility index (Phi) is 7.84. The van der Waals surface area contributed by atoms with Crippen molar-refractivity contribution in [1.82, 2.24) is 4.90 Å². The van der Waals surface area contributed by atoms with E-state index in [1.54, 1.807) is 11.9 Å². The maximum atomic E-state index is 11.7. The number of hydrogen-bond donors (Lipinski definition) is 1. The molecule has 20 heavy (non-hydrogen) atoms. The number of nitrogens with zero attached hydrogens (tertiary/aromatic N) is 1. The number of hydrogen-bond acceptors (Lipinski definition) is 3. The van der Waals surface area contributed by atoms with Gasteiger partial charge in [0.15, 0.2) is 0 Å². The van der Waals surface area contributed by atoms with Crippen molar-refractivity contribution in [2.75, 3.05) is 26.8 Å². The third-order valence-corrected chi connectivity index (χ3v) is 3.15. The Hall–Kier alpha value is -1.46. The fraction of sp³-hybridized carbons (Fsp3) is 0.467. The molecular weight excluding hydrogens is 272 g/mol. The topological polar surface area (TPSA) is 55.6 Å². The molecule has 0 radical (unpaired) electrons. The van der Waals surface area contributed by atoms with Crippen LogP contribution >= 0.6 is 12.2 Å². The minimum Gasteiger partial charge on any atom is -0.393 e. The first-order valence-corrected chi connectivity index (χ1v) is 7.14. The van der Waals surface area contributed by atoms with Crippen molar-refractivity contribution >= 4 is 23.1 Å². The first-order chi connectivity index (χ1) is 9.59. The van der Waals surface area contributed by atoms with Crippen LogP contribution in [0, 0.1) is 0 Å². The number of ether oxygens (including phenoxy) is 1. The molecule has 5 heteroatoms. The van der Waals surface area contributed by atoms with Crippen molar-refractivity contribution < 1.29 is 9.53 Å². The Morgan fingerprint density at radius 2 is 2.05 bits per heavy atom. The summed E-state index contributed by atoms with van der Waals surface area (Å²) < 4.78 is 5.39. The molecule has 0 fully saturated rings. The summed E-state index contributed by atoms with van der Waals surface area (Å²) >= 11 is 4.78. The van der Waals surface area contributed by atoms with Gasteiger partial charge in [-0.3, -0.25) is 4.79 Å². The molecule has 0 unspecified atom stereocenters. The van der Waals surface area contributed by atoms with Crippen molar-refractivity contribution in [3.63, 3.8) is 0 Å². The molecular formula is C15H22N2O2S. The van der Waals surface area contributed by atoms with Crippen LogP contribution in [0.1, 0.15) is 18.4 Å². The van der Waals surface area contributed by atoms with Gasteiger partial charge < -0.3 is 15.4 Å². The molecule has 0 spiro atoms. The second-order valence-corrected chi connectivity index (χ2v) is 5.20. The predicted molar refractivity (Wildman–Crippen MR) is 84.6 cm³/mol. The molecule has 1 rings (SSSR count). The highest BCUT2D eigenvalue weighted by atomic mass is 32.1. The molecule has 0 heterocycles. The normalized spacial score (nSPS) is 10.2. The number of likely N-dealkylation sites (N-methyl/N-ethyl adjacent to an activating group) is 1. The number of aryl methyl sites for hydroxylation is 1. The minimum absolute atomic E-state index is 0.0408. The van der Waals surface area contributed by atoms with Gasteiger partial charge >= 0.3 is 0 Å². The summed E-state index contributed by atoms with van der Waals surface area (Å²) in [6.45, 7) is 1.24. The van der Waals surface area contributed by atoms with E-state index < -0.39 is 0 Å². The van der Waals surface area contributed by atoms with Gasteiger partial charge in [0.05, 0.1) is 4.99 Å². The summed E-state index contributed by atoms with van der Waals surface area (Å²) in [4.78, 5) is 13.7. The Labute approximate surface area is 125 Å². The SMILES string of the molecule is CN(CCC(N)=S)C(=O)COCCCc1ccccc1. The van der Waals surface area contributed by atoms with Crippen molar-refractivity contribution in [3.8, 4) is 0 Å². The molecule has 4 nitrogen and oxygen atoms in total. The largest absolute Gasteiger partial charge is 0.393 e. The molecule has 110 valence electrons. The molecule has 1 aromatic rings. The standard InChI is InChI=1S/C15H22N2O2S/c1-17(10-9-14(16)20)15(18)12-19-11-5-8-13-6-3-2-4-7-13/h2-4,6-7H,5,8-12H2,1H3,(H2,16,20). The summed E-state index contributed by atoms with van der Waals surface area (Å²) in [7, 11) is 1.73. The molecule has 0 aliphatic carbocycles. The molecule has 0 aliphatic rings. The summed E-state index contributed by atoms with van der Waals surface area (Å²) in [5.41, 5.74) is 6.69. The lowest BCUT2D eigenvalue weighted by atomic mass is 10.1. The number of amides is 1. The lowest BCUT2D eigenvalue weighted by molar-refractivity contribution is -0.134. The molecule has 2 N–H and O–H groups in total. The first-order valence-electron chi connectivity index (χ1n) is 6.73. The molecule has 1 aromatic carbocycles. The van der Waals surface area contributed by atoms with E-state index in [2.05, 4.69) is 12.1 Å². The van der Waals surface area contributed by atoms with Gasteiger partial charge in [-0.1, -0.05) is 42.5 Å². The number of carbonyl (C=O) groups excluding carboxylic acids is 1. The van der Waals surface area contributed by atoms with Crippen molar-refractivity contribution in [2.24, 2.45) is 5.73 Å². The van der Waals surface area contributed by atoms with E-state index >= 15 is 0 Å². The van der Waals surface area contributed by atoms with Crippen molar-refractivity contribution in [1.29, 1.82) is 0 Å². The second-order valence-electron chi connectivity index (χ2n) is 4.67. The summed E-state index contributed by atoms with van der Waals surface area (Å²) in [6.07, 6.45) is 2.42. The van der Waals surface area contributed by atoms with Crippen LogP contribution in [0.15, 0.2) is 30.3 Å². The first kappa shape index (κ1) is 16.6. The van der Waals surface area contributed by atoms with Crippen LogP contribution < -0.4 is 5.73 Å². The van der Waals surface area contributed by atoms with Crippen molar-refractivity contribution in [2.45, 2.75) is 19.3 Å². The Morgan fingerprint density at radius 1 is 1.35 bits per heavy atom. The van der Waals surface area contributed by atoms with Crippen molar-refractivity contribution in [3.05, 3.63) is 35.9 Å². The highest BCUT2D eigenvalue weighted by Gasteiger charge is 2.08. The van der Waals surface area contributed by atoms with Gasteiger partial charge in [0, 0.05) is 26.6 Å². The molecule has 0 saturated heterocycles. The molecule has 0 aliphatic heterocycles. The molecule has 0 saturated carbocycles. The van der Waals surface area contributed by atoms with E-state index in [4.69, 9.17) is 22.7 Å². The van der Waals surface area contributed by atoms with Crippen LogP contribution in [0.25, 0.3) is 0 Å². The van der Waals surface area contributed by atoms with E-state index in [0.717, 1.165) is 12.8 Å². The highest BCUT2D eigenvalue weighted by molar-refractivity contribution is 7.80. The average molecular weight is 294 g/mol. The summed E-state index contributed by atoms with van der Waals surface area (Å²) in [5.74, 6) is -0.0408.